The van der Waals surface area contributed by atoms with Crippen LogP contribution in [0.5, 0.6) is 0 Å². The van der Waals surface area contributed by atoms with Crippen molar-refractivity contribution in [1.82, 2.24) is 9.88 Å². The number of benzene rings is 1. The number of amides is 2. The minimum absolute atomic E-state index is 0.00941. The summed E-state index contributed by atoms with van der Waals surface area (Å²) in [5.41, 5.74) is 1.12. The van der Waals surface area contributed by atoms with E-state index in [2.05, 4.69) is 4.98 Å². The van der Waals surface area contributed by atoms with Crippen LogP contribution in [0.4, 0.5) is 10.6 Å². The molecule has 0 N–H and O–H groups in total. The first-order chi connectivity index (χ1) is 13.8. The molecule has 29 heavy (non-hydrogen) atoms. The Morgan fingerprint density at radius 2 is 1.83 bits per heavy atom. The zero-order chi connectivity index (χ0) is 21.0. The average Bonchev–Trinajstić information content (AvgIpc) is 2.72. The predicted molar refractivity (Wildman–Crippen MR) is 113 cm³/mol. The van der Waals surface area contributed by atoms with Crippen molar-refractivity contribution in [3.8, 4) is 0 Å². The Labute approximate surface area is 172 Å². The maximum absolute atomic E-state index is 13.0. The number of nitrogens with zero attached hydrogens (tertiary/aromatic N) is 3. The number of pyridine rings is 1. The highest BCUT2D eigenvalue weighted by Crippen LogP contribution is 2.32. The normalized spacial score (nSPS) is 17.0. The van der Waals surface area contributed by atoms with Crippen molar-refractivity contribution in [2.45, 2.75) is 51.7 Å². The Hall–Kier alpha value is -2.89. The van der Waals surface area contributed by atoms with Crippen molar-refractivity contribution in [3.05, 3.63) is 59.8 Å². The van der Waals surface area contributed by atoms with Crippen molar-refractivity contribution in [2.75, 3.05) is 18.5 Å². The van der Waals surface area contributed by atoms with Crippen LogP contribution in [0.1, 0.15) is 62.0 Å². The summed E-state index contributed by atoms with van der Waals surface area (Å²) >= 11 is 0. The number of aromatic nitrogens is 1. The maximum Gasteiger partial charge on any atom is 0.415 e. The minimum atomic E-state index is -0.564. The van der Waals surface area contributed by atoms with Gasteiger partial charge in [-0.25, -0.2) is 9.78 Å². The molecule has 0 aliphatic carbocycles. The van der Waals surface area contributed by atoms with E-state index >= 15 is 0 Å². The molecule has 1 aliphatic rings. The number of ether oxygens (including phenoxy) is 1. The first kappa shape index (κ1) is 20.8. The number of likely N-dealkylation sites (tertiary alicyclic amines) is 1. The number of hydrogen-bond acceptors (Lipinski definition) is 4. The van der Waals surface area contributed by atoms with E-state index in [0.717, 1.165) is 31.4 Å². The highest BCUT2D eigenvalue weighted by atomic mass is 16.6. The molecule has 2 amide bonds. The largest absolute Gasteiger partial charge is 0.443 e. The molecule has 0 spiro atoms. The first-order valence-electron chi connectivity index (χ1n) is 10.0. The van der Waals surface area contributed by atoms with E-state index in [1.807, 2.05) is 62.1 Å². The zero-order valence-corrected chi connectivity index (χ0v) is 17.6. The lowest BCUT2D eigenvalue weighted by Gasteiger charge is -2.36. The maximum atomic E-state index is 13.0. The lowest BCUT2D eigenvalue weighted by atomic mass is 9.95. The smallest absolute Gasteiger partial charge is 0.415 e. The number of carbonyl (C=O) groups is 2. The fraction of sp³-hybridized carbons (Fsp3) is 0.435. The second-order valence-corrected chi connectivity index (χ2v) is 8.37. The molecular formula is C23H29N3O3. The molecule has 6 heteroatoms. The Kier molecular flexibility index (Phi) is 6.20. The van der Waals surface area contributed by atoms with Crippen LogP contribution in [-0.4, -0.2) is 41.1 Å². The van der Waals surface area contributed by atoms with Crippen LogP contribution in [0.25, 0.3) is 0 Å². The summed E-state index contributed by atoms with van der Waals surface area (Å²) in [7, 11) is 1.64. The van der Waals surface area contributed by atoms with Gasteiger partial charge in [0.15, 0.2) is 0 Å². The Morgan fingerprint density at radius 3 is 2.45 bits per heavy atom. The van der Waals surface area contributed by atoms with E-state index in [0.29, 0.717) is 11.4 Å². The van der Waals surface area contributed by atoms with Gasteiger partial charge >= 0.3 is 6.09 Å². The van der Waals surface area contributed by atoms with Crippen molar-refractivity contribution >= 4 is 17.8 Å². The van der Waals surface area contributed by atoms with E-state index < -0.39 is 11.7 Å². The van der Waals surface area contributed by atoms with Gasteiger partial charge in [0.25, 0.3) is 5.91 Å². The summed E-state index contributed by atoms with van der Waals surface area (Å²) in [5, 5.41) is 0. The molecule has 0 radical (unpaired) electrons. The van der Waals surface area contributed by atoms with Gasteiger partial charge in [0.1, 0.15) is 11.4 Å². The van der Waals surface area contributed by atoms with Crippen molar-refractivity contribution in [2.24, 2.45) is 0 Å². The zero-order valence-electron chi connectivity index (χ0n) is 17.6. The van der Waals surface area contributed by atoms with E-state index in [9.17, 15) is 9.59 Å². The van der Waals surface area contributed by atoms with Gasteiger partial charge in [-0.15, -0.1) is 0 Å². The first-order valence-corrected chi connectivity index (χ1v) is 10.0. The third kappa shape index (κ3) is 5.13. The molecule has 0 bridgehead atoms. The minimum Gasteiger partial charge on any atom is -0.443 e. The van der Waals surface area contributed by atoms with Gasteiger partial charge < -0.3 is 9.64 Å². The van der Waals surface area contributed by atoms with Crippen molar-refractivity contribution in [1.29, 1.82) is 0 Å². The number of anilines is 1. The van der Waals surface area contributed by atoms with Crippen LogP contribution in [0.3, 0.4) is 0 Å². The van der Waals surface area contributed by atoms with Crippen LogP contribution >= 0.6 is 0 Å². The molecule has 154 valence electrons. The van der Waals surface area contributed by atoms with Gasteiger partial charge in [0.2, 0.25) is 0 Å². The fourth-order valence-corrected chi connectivity index (χ4v) is 3.48. The molecular weight excluding hydrogens is 366 g/mol. The molecule has 1 aromatic carbocycles. The molecule has 3 rings (SSSR count). The van der Waals surface area contributed by atoms with Gasteiger partial charge in [0, 0.05) is 25.4 Å². The number of hydrogen-bond donors (Lipinski definition) is 0. The molecule has 6 nitrogen and oxygen atoms in total. The molecule has 1 saturated heterocycles. The van der Waals surface area contributed by atoms with Crippen molar-refractivity contribution in [3.63, 3.8) is 0 Å². The number of piperidine rings is 1. The molecule has 1 fully saturated rings. The topological polar surface area (TPSA) is 62.7 Å². The van der Waals surface area contributed by atoms with E-state index in [1.54, 1.807) is 19.3 Å². The Morgan fingerprint density at radius 1 is 1.10 bits per heavy atom. The summed E-state index contributed by atoms with van der Waals surface area (Å²) in [5.74, 6) is 0.560. The van der Waals surface area contributed by atoms with Gasteiger partial charge in [-0.1, -0.05) is 24.3 Å². The van der Waals surface area contributed by atoms with Crippen LogP contribution in [-0.2, 0) is 4.74 Å². The lowest BCUT2D eigenvalue weighted by molar-refractivity contribution is 0.0586. The molecule has 1 aromatic heterocycles. The summed E-state index contributed by atoms with van der Waals surface area (Å²) in [6.07, 6.45) is 4.29. The molecule has 2 aromatic rings. The monoisotopic (exact) mass is 395 g/mol. The van der Waals surface area contributed by atoms with Crippen LogP contribution in [0.15, 0.2) is 48.7 Å². The third-order valence-corrected chi connectivity index (χ3v) is 4.95. The number of carbonyl (C=O) groups excluding carboxylic acids is 2. The average molecular weight is 396 g/mol. The van der Waals surface area contributed by atoms with Gasteiger partial charge in [0.05, 0.1) is 6.04 Å². The molecule has 2 heterocycles. The highest BCUT2D eigenvalue weighted by Gasteiger charge is 2.29. The molecule has 0 saturated carbocycles. The number of rotatable bonds is 3. The van der Waals surface area contributed by atoms with Gasteiger partial charge in [-0.05, 0) is 63.8 Å². The quantitative estimate of drug-likeness (QED) is 0.747. The fourth-order valence-electron chi connectivity index (χ4n) is 3.48. The Balaban J connectivity index is 1.76. The lowest BCUT2D eigenvalue weighted by Crippen LogP contribution is -2.38. The predicted octanol–water partition coefficient (Wildman–Crippen LogP) is 4.82. The van der Waals surface area contributed by atoms with E-state index in [1.165, 1.54) is 4.90 Å². The summed E-state index contributed by atoms with van der Waals surface area (Å²) < 4.78 is 5.39. The van der Waals surface area contributed by atoms with Crippen LogP contribution in [0.2, 0.25) is 0 Å². The highest BCUT2D eigenvalue weighted by molar-refractivity contribution is 5.94. The summed E-state index contributed by atoms with van der Waals surface area (Å²) in [4.78, 5) is 33.1. The summed E-state index contributed by atoms with van der Waals surface area (Å²) in [6, 6.07) is 13.1. The van der Waals surface area contributed by atoms with Gasteiger partial charge in [-0.2, -0.15) is 0 Å². The molecule has 1 atom stereocenters. The van der Waals surface area contributed by atoms with Crippen molar-refractivity contribution < 1.29 is 14.3 Å². The van der Waals surface area contributed by atoms with E-state index in [-0.39, 0.29) is 11.9 Å². The Bertz CT molecular complexity index is 844. The third-order valence-electron chi connectivity index (χ3n) is 4.95. The second kappa shape index (κ2) is 8.64. The standard InChI is InChI=1S/C23H29N3O3/c1-23(2,3)29-22(28)25(4)20-14-13-18(16-24-20)19-12-8-9-15-26(19)21(27)17-10-6-5-7-11-17/h5-7,10-11,13-14,16,19H,8-9,12,15H2,1-4H3/t19-/m1/s1. The molecule has 0 unspecified atom stereocenters. The van der Waals surface area contributed by atoms with Gasteiger partial charge in [-0.3, -0.25) is 9.69 Å². The van der Waals surface area contributed by atoms with E-state index in [4.69, 9.17) is 4.74 Å². The second-order valence-electron chi connectivity index (χ2n) is 8.37. The molecule has 1 aliphatic heterocycles. The summed E-state index contributed by atoms with van der Waals surface area (Å²) in [6.45, 7) is 6.22. The van der Waals surface area contributed by atoms with Crippen LogP contribution in [0, 0.1) is 0 Å². The SMILES string of the molecule is CN(C(=O)OC(C)(C)C)c1ccc([C@H]2CCCCN2C(=O)c2ccccc2)cn1. The van der Waals surface area contributed by atoms with Crippen LogP contribution < -0.4 is 4.90 Å².